The Morgan fingerprint density at radius 3 is 2.68 bits per heavy atom. The molecule has 4 atom stereocenters. The molecule has 1 unspecified atom stereocenters. The van der Waals surface area contributed by atoms with E-state index in [9.17, 15) is 9.59 Å². The van der Waals surface area contributed by atoms with Crippen LogP contribution in [0.5, 0.6) is 0 Å². The quantitative estimate of drug-likeness (QED) is 0.723. The van der Waals surface area contributed by atoms with Gasteiger partial charge < -0.3 is 9.64 Å². The lowest BCUT2D eigenvalue weighted by Gasteiger charge is -2.43. The Morgan fingerprint density at radius 2 is 1.96 bits per heavy atom. The van der Waals surface area contributed by atoms with E-state index in [0.717, 1.165) is 49.5 Å². The predicted octanol–water partition coefficient (Wildman–Crippen LogP) is 3.13. The maximum Gasteiger partial charge on any atom is 0.311 e. The number of allylic oxidation sites excluding steroid dienone is 3. The van der Waals surface area contributed by atoms with Crippen LogP contribution < -0.4 is 0 Å². The lowest BCUT2D eigenvalue weighted by atomic mass is 9.61. The minimum absolute atomic E-state index is 0.0377. The fourth-order valence-electron chi connectivity index (χ4n) is 5.30. The highest BCUT2D eigenvalue weighted by atomic mass is 16.6. The second kappa shape index (κ2) is 6.08. The van der Waals surface area contributed by atoms with E-state index in [-0.39, 0.29) is 35.1 Å². The van der Waals surface area contributed by atoms with Crippen molar-refractivity contribution in [2.45, 2.75) is 52.6 Å². The second-order valence-electron chi connectivity index (χ2n) is 8.80. The third-order valence-electron chi connectivity index (χ3n) is 7.06. The van der Waals surface area contributed by atoms with Crippen molar-refractivity contribution < 1.29 is 14.3 Å². The van der Waals surface area contributed by atoms with Gasteiger partial charge in [0.25, 0.3) is 0 Å². The molecule has 3 fully saturated rings. The number of piperidine rings is 1. The molecular weight excluding hydrogens is 314 g/mol. The van der Waals surface area contributed by atoms with E-state index >= 15 is 0 Å². The molecule has 1 saturated carbocycles. The number of carbonyl (C=O) groups excluding carboxylic acids is 2. The minimum Gasteiger partial charge on any atom is -0.457 e. The Balaban J connectivity index is 1.56. The van der Waals surface area contributed by atoms with Gasteiger partial charge in [-0.25, -0.2) is 0 Å². The summed E-state index contributed by atoms with van der Waals surface area (Å²) >= 11 is 0. The summed E-state index contributed by atoms with van der Waals surface area (Å²) in [4.78, 5) is 27.3. The van der Waals surface area contributed by atoms with Crippen molar-refractivity contribution in [2.75, 3.05) is 19.6 Å². The molecule has 2 saturated heterocycles. The Morgan fingerprint density at radius 1 is 1.24 bits per heavy atom. The summed E-state index contributed by atoms with van der Waals surface area (Å²) in [5, 5.41) is 0. The zero-order valence-corrected chi connectivity index (χ0v) is 15.6. The molecule has 4 aliphatic rings. The number of ketones is 1. The summed E-state index contributed by atoms with van der Waals surface area (Å²) in [6.45, 7) is 9.38. The maximum atomic E-state index is 12.7. The van der Waals surface area contributed by atoms with Gasteiger partial charge in [-0.15, -0.1) is 0 Å². The van der Waals surface area contributed by atoms with Crippen LogP contribution in [0.1, 0.15) is 46.5 Å². The molecule has 136 valence electrons. The van der Waals surface area contributed by atoms with Crippen molar-refractivity contribution in [3.63, 3.8) is 0 Å². The lowest BCUT2D eigenvalue weighted by Crippen LogP contribution is -2.43. The number of likely N-dealkylation sites (tertiary alicyclic amines) is 1. The topological polar surface area (TPSA) is 46.6 Å². The second-order valence-corrected chi connectivity index (χ2v) is 8.80. The molecule has 0 N–H and O–H groups in total. The van der Waals surface area contributed by atoms with Gasteiger partial charge in [-0.3, -0.25) is 9.59 Å². The number of ether oxygens (including phenoxy) is 1. The first-order valence-corrected chi connectivity index (χ1v) is 9.77. The number of nitrogens with zero attached hydrogens (tertiary/aromatic N) is 1. The Kier molecular flexibility index (Phi) is 4.14. The van der Waals surface area contributed by atoms with Crippen molar-refractivity contribution in [3.05, 3.63) is 23.3 Å². The molecule has 25 heavy (non-hydrogen) atoms. The highest BCUT2D eigenvalue weighted by Crippen LogP contribution is 2.53. The van der Waals surface area contributed by atoms with Gasteiger partial charge in [-0.1, -0.05) is 19.9 Å². The van der Waals surface area contributed by atoms with Crippen molar-refractivity contribution in [1.82, 2.24) is 4.90 Å². The third-order valence-corrected chi connectivity index (χ3v) is 7.06. The molecular formula is C21H29NO3. The molecule has 4 nitrogen and oxygen atoms in total. The van der Waals surface area contributed by atoms with Crippen LogP contribution in [0.4, 0.5) is 0 Å². The third kappa shape index (κ3) is 2.79. The summed E-state index contributed by atoms with van der Waals surface area (Å²) < 4.78 is 5.88. The molecule has 0 amide bonds. The fraction of sp³-hybridized carbons (Fsp3) is 0.714. The van der Waals surface area contributed by atoms with Gasteiger partial charge in [-0.05, 0) is 63.3 Å². The van der Waals surface area contributed by atoms with E-state index in [1.165, 1.54) is 12.8 Å². The predicted molar refractivity (Wildman–Crippen MR) is 95.9 cm³/mol. The van der Waals surface area contributed by atoms with Crippen LogP contribution in [0, 0.1) is 23.2 Å². The van der Waals surface area contributed by atoms with E-state index in [1.54, 1.807) is 6.08 Å². The number of hydrogen-bond acceptors (Lipinski definition) is 4. The van der Waals surface area contributed by atoms with Crippen LogP contribution in [0.25, 0.3) is 0 Å². The number of rotatable bonds is 2. The van der Waals surface area contributed by atoms with Gasteiger partial charge in [-0.2, -0.15) is 0 Å². The summed E-state index contributed by atoms with van der Waals surface area (Å²) in [7, 11) is 0. The van der Waals surface area contributed by atoms with Crippen LogP contribution >= 0.6 is 0 Å². The number of esters is 1. The monoisotopic (exact) mass is 343 g/mol. The first-order chi connectivity index (χ1) is 11.9. The molecule has 4 heteroatoms. The van der Waals surface area contributed by atoms with Gasteiger partial charge in [0, 0.05) is 23.5 Å². The number of fused-ring (bicyclic) bond motifs is 3. The van der Waals surface area contributed by atoms with Crippen LogP contribution in [-0.2, 0) is 14.3 Å². The minimum atomic E-state index is -0.200. The number of carbonyl (C=O) groups is 2. The van der Waals surface area contributed by atoms with E-state index in [4.69, 9.17) is 4.74 Å². The molecule has 2 aliphatic heterocycles. The van der Waals surface area contributed by atoms with Gasteiger partial charge in [0.15, 0.2) is 5.78 Å². The molecule has 2 aliphatic carbocycles. The van der Waals surface area contributed by atoms with Crippen molar-refractivity contribution in [2.24, 2.45) is 23.2 Å². The highest BCUT2D eigenvalue weighted by molar-refractivity contribution is 6.05. The largest absolute Gasteiger partial charge is 0.457 e. The van der Waals surface area contributed by atoms with Crippen LogP contribution in [0.3, 0.4) is 0 Å². The summed E-state index contributed by atoms with van der Waals surface area (Å²) in [5.74, 6) is 0.994. The van der Waals surface area contributed by atoms with Crippen molar-refractivity contribution in [1.29, 1.82) is 0 Å². The Labute approximate surface area is 150 Å². The highest BCUT2D eigenvalue weighted by Gasteiger charge is 2.54. The Hall–Kier alpha value is -1.42. The zero-order chi connectivity index (χ0) is 17.8. The van der Waals surface area contributed by atoms with Gasteiger partial charge >= 0.3 is 5.97 Å². The normalized spacial score (nSPS) is 39.4. The van der Waals surface area contributed by atoms with E-state index in [0.29, 0.717) is 0 Å². The Bertz CT molecular complexity index is 656. The van der Waals surface area contributed by atoms with E-state index in [2.05, 4.69) is 18.7 Å². The average Bonchev–Trinajstić information content (AvgIpc) is 2.89. The van der Waals surface area contributed by atoms with Crippen LogP contribution in [0.2, 0.25) is 0 Å². The first-order valence-electron chi connectivity index (χ1n) is 9.77. The standard InChI is InChI=1S/C21H29NO3/c1-13-6-10-22(11-7-13)12-16-15-4-8-21(3)9-5-17(23)14(2)18(21)19(15)25-20(16)24/h5,9,13,15-16,19H,4,6-8,10-12H2,1-3H3/t15-,16?,19-,21-/m0/s1. The number of hydrogen-bond donors (Lipinski definition) is 0. The van der Waals surface area contributed by atoms with Gasteiger partial charge in [0.1, 0.15) is 6.10 Å². The smallest absolute Gasteiger partial charge is 0.311 e. The lowest BCUT2D eigenvalue weighted by molar-refractivity contribution is -0.144. The first kappa shape index (κ1) is 17.0. The maximum absolute atomic E-state index is 12.7. The molecule has 0 radical (unpaired) electrons. The van der Waals surface area contributed by atoms with Crippen LogP contribution in [-0.4, -0.2) is 42.4 Å². The average molecular weight is 343 g/mol. The van der Waals surface area contributed by atoms with Crippen LogP contribution in [0.15, 0.2) is 23.3 Å². The van der Waals surface area contributed by atoms with Gasteiger partial charge in [0.2, 0.25) is 0 Å². The zero-order valence-electron chi connectivity index (χ0n) is 15.6. The fourth-order valence-corrected chi connectivity index (χ4v) is 5.30. The van der Waals surface area contributed by atoms with E-state index in [1.807, 2.05) is 13.0 Å². The molecule has 0 aromatic heterocycles. The summed E-state index contributed by atoms with van der Waals surface area (Å²) in [6, 6.07) is 0. The molecule has 4 rings (SSSR count). The van der Waals surface area contributed by atoms with Crippen molar-refractivity contribution >= 4 is 11.8 Å². The van der Waals surface area contributed by atoms with Crippen molar-refractivity contribution in [3.8, 4) is 0 Å². The summed E-state index contributed by atoms with van der Waals surface area (Å²) in [5.41, 5.74) is 1.73. The van der Waals surface area contributed by atoms with Gasteiger partial charge in [0.05, 0.1) is 5.92 Å². The molecule has 0 bridgehead atoms. The molecule has 0 aromatic rings. The summed E-state index contributed by atoms with van der Waals surface area (Å²) in [6.07, 6.45) is 7.96. The molecule has 0 spiro atoms. The molecule has 2 heterocycles. The SMILES string of the molecule is CC1=C2[C@H]3OC(=O)C(CN4CCC(C)CC4)[C@@H]3CC[C@@]2(C)C=CC1=O. The molecule has 0 aromatic carbocycles. The van der Waals surface area contributed by atoms with E-state index < -0.39 is 0 Å².